The standard InChI is InChI=1S/C15H25N3O/c1-6-15(7-2,19-5)14-17-12-9-16-8-11(12)13(18-14)10(3)4/h10,16H,6-9H2,1-5H3. The quantitative estimate of drug-likeness (QED) is 0.887. The monoisotopic (exact) mass is 263 g/mol. The van der Waals surface area contributed by atoms with E-state index in [-0.39, 0.29) is 5.60 Å². The van der Waals surface area contributed by atoms with Gasteiger partial charge in [0.25, 0.3) is 0 Å². The number of aromatic nitrogens is 2. The lowest BCUT2D eigenvalue weighted by Gasteiger charge is -2.29. The molecule has 0 spiro atoms. The fraction of sp³-hybridized carbons (Fsp3) is 0.733. The van der Waals surface area contributed by atoms with Crippen molar-refractivity contribution in [3.8, 4) is 0 Å². The summed E-state index contributed by atoms with van der Waals surface area (Å²) in [5.74, 6) is 1.27. The molecule has 1 aromatic rings. The molecule has 2 heterocycles. The normalized spacial score (nSPS) is 15.1. The van der Waals surface area contributed by atoms with Gasteiger partial charge < -0.3 is 10.1 Å². The van der Waals surface area contributed by atoms with Gasteiger partial charge in [-0.1, -0.05) is 27.7 Å². The summed E-state index contributed by atoms with van der Waals surface area (Å²) in [6.45, 7) is 10.4. The summed E-state index contributed by atoms with van der Waals surface area (Å²) in [5, 5.41) is 3.37. The van der Waals surface area contributed by atoms with E-state index < -0.39 is 0 Å². The second kappa shape index (κ2) is 5.55. The molecule has 0 aromatic carbocycles. The first-order valence-corrected chi connectivity index (χ1v) is 7.24. The Morgan fingerprint density at radius 2 is 1.89 bits per heavy atom. The molecule has 0 saturated carbocycles. The number of ether oxygens (including phenoxy) is 1. The van der Waals surface area contributed by atoms with Gasteiger partial charge in [-0.2, -0.15) is 0 Å². The predicted molar refractivity (Wildman–Crippen MR) is 75.9 cm³/mol. The number of hydrogen-bond donors (Lipinski definition) is 1. The minimum Gasteiger partial charge on any atom is -0.370 e. The third-order valence-electron chi connectivity index (χ3n) is 4.21. The van der Waals surface area contributed by atoms with E-state index in [1.165, 1.54) is 11.3 Å². The van der Waals surface area contributed by atoms with E-state index in [1.54, 1.807) is 7.11 Å². The minimum absolute atomic E-state index is 0.346. The minimum atomic E-state index is -0.346. The molecule has 1 aliphatic rings. The second-order valence-electron chi connectivity index (χ2n) is 5.52. The second-order valence-corrected chi connectivity index (χ2v) is 5.52. The molecule has 1 N–H and O–H groups in total. The van der Waals surface area contributed by atoms with Gasteiger partial charge in [-0.15, -0.1) is 0 Å². The Morgan fingerprint density at radius 1 is 1.21 bits per heavy atom. The average Bonchev–Trinajstić information content (AvgIpc) is 2.88. The maximum atomic E-state index is 5.77. The SMILES string of the molecule is CCC(CC)(OC)c1nc2c(c(C(C)C)n1)CNC2. The molecule has 0 bridgehead atoms. The van der Waals surface area contributed by atoms with Crippen LogP contribution in [0.2, 0.25) is 0 Å². The molecule has 19 heavy (non-hydrogen) atoms. The van der Waals surface area contributed by atoms with Gasteiger partial charge in [0.1, 0.15) is 5.60 Å². The first-order valence-electron chi connectivity index (χ1n) is 7.24. The molecule has 0 unspecified atom stereocenters. The van der Waals surface area contributed by atoms with Crippen molar-refractivity contribution in [2.45, 2.75) is 65.1 Å². The van der Waals surface area contributed by atoms with E-state index in [0.717, 1.165) is 37.4 Å². The molecule has 2 rings (SSSR count). The summed E-state index contributed by atoms with van der Waals surface area (Å²) in [4.78, 5) is 9.64. The fourth-order valence-electron chi connectivity index (χ4n) is 2.82. The number of nitrogens with zero attached hydrogens (tertiary/aromatic N) is 2. The summed E-state index contributed by atoms with van der Waals surface area (Å²) < 4.78 is 5.77. The highest BCUT2D eigenvalue weighted by Gasteiger charge is 2.34. The summed E-state index contributed by atoms with van der Waals surface area (Å²) in [7, 11) is 1.76. The molecule has 4 heteroatoms. The van der Waals surface area contributed by atoms with Gasteiger partial charge >= 0.3 is 0 Å². The van der Waals surface area contributed by atoms with Crippen molar-refractivity contribution in [1.29, 1.82) is 0 Å². The van der Waals surface area contributed by atoms with Crippen molar-refractivity contribution in [3.63, 3.8) is 0 Å². The molecule has 0 aliphatic carbocycles. The molecular weight excluding hydrogens is 238 g/mol. The van der Waals surface area contributed by atoms with Crippen LogP contribution in [0.25, 0.3) is 0 Å². The highest BCUT2D eigenvalue weighted by Crippen LogP contribution is 2.33. The largest absolute Gasteiger partial charge is 0.370 e. The highest BCUT2D eigenvalue weighted by molar-refractivity contribution is 5.32. The lowest BCUT2D eigenvalue weighted by molar-refractivity contribution is -0.0295. The molecular formula is C15H25N3O. The van der Waals surface area contributed by atoms with Gasteiger partial charge in [-0.05, 0) is 18.8 Å². The van der Waals surface area contributed by atoms with Crippen LogP contribution in [-0.4, -0.2) is 17.1 Å². The van der Waals surface area contributed by atoms with Crippen LogP contribution in [0.5, 0.6) is 0 Å². The summed E-state index contributed by atoms with van der Waals surface area (Å²) in [5.41, 5.74) is 3.27. The molecule has 0 amide bonds. The predicted octanol–water partition coefficient (Wildman–Crippen LogP) is 2.86. The number of nitrogens with one attached hydrogen (secondary N) is 1. The van der Waals surface area contributed by atoms with E-state index in [4.69, 9.17) is 14.7 Å². The van der Waals surface area contributed by atoms with Gasteiger partial charge in [0.2, 0.25) is 0 Å². The van der Waals surface area contributed by atoms with Gasteiger partial charge in [0, 0.05) is 25.8 Å². The summed E-state index contributed by atoms with van der Waals surface area (Å²) in [6, 6.07) is 0. The first kappa shape index (κ1) is 14.4. The molecule has 1 aliphatic heterocycles. The van der Waals surface area contributed by atoms with E-state index >= 15 is 0 Å². The highest BCUT2D eigenvalue weighted by atomic mass is 16.5. The van der Waals surface area contributed by atoms with Crippen molar-refractivity contribution >= 4 is 0 Å². The Kier molecular flexibility index (Phi) is 4.21. The van der Waals surface area contributed by atoms with Crippen molar-refractivity contribution < 1.29 is 4.74 Å². The summed E-state index contributed by atoms with van der Waals surface area (Å²) in [6.07, 6.45) is 1.79. The fourth-order valence-corrected chi connectivity index (χ4v) is 2.82. The van der Waals surface area contributed by atoms with Crippen LogP contribution in [0, 0.1) is 0 Å². The number of hydrogen-bond acceptors (Lipinski definition) is 4. The maximum Gasteiger partial charge on any atom is 0.160 e. The van der Waals surface area contributed by atoms with Gasteiger partial charge in [0.15, 0.2) is 5.82 Å². The zero-order valence-electron chi connectivity index (χ0n) is 12.7. The van der Waals surface area contributed by atoms with Crippen LogP contribution in [0.3, 0.4) is 0 Å². The first-order chi connectivity index (χ1) is 9.07. The lowest BCUT2D eigenvalue weighted by Crippen LogP contribution is -2.30. The van der Waals surface area contributed by atoms with Crippen LogP contribution in [0.4, 0.5) is 0 Å². The third kappa shape index (κ3) is 2.39. The van der Waals surface area contributed by atoms with E-state index in [9.17, 15) is 0 Å². The molecule has 106 valence electrons. The lowest BCUT2D eigenvalue weighted by atomic mass is 9.94. The molecule has 0 radical (unpaired) electrons. The van der Waals surface area contributed by atoms with E-state index in [1.807, 2.05) is 0 Å². The van der Waals surface area contributed by atoms with Crippen molar-refractivity contribution in [2.24, 2.45) is 0 Å². The smallest absolute Gasteiger partial charge is 0.160 e. The number of rotatable bonds is 5. The van der Waals surface area contributed by atoms with Crippen LogP contribution >= 0.6 is 0 Å². The average molecular weight is 263 g/mol. The van der Waals surface area contributed by atoms with Crippen LogP contribution < -0.4 is 5.32 Å². The van der Waals surface area contributed by atoms with E-state index in [0.29, 0.717) is 5.92 Å². The molecule has 0 saturated heterocycles. The topological polar surface area (TPSA) is 47.0 Å². The molecule has 0 atom stereocenters. The Bertz CT molecular complexity index is 445. The van der Waals surface area contributed by atoms with Crippen molar-refractivity contribution in [1.82, 2.24) is 15.3 Å². The Hall–Kier alpha value is -1.00. The van der Waals surface area contributed by atoms with Gasteiger partial charge in [0.05, 0.1) is 11.4 Å². The Balaban J connectivity index is 2.56. The van der Waals surface area contributed by atoms with E-state index in [2.05, 4.69) is 33.0 Å². The number of methoxy groups -OCH3 is 1. The molecule has 1 aromatic heterocycles. The zero-order chi connectivity index (χ0) is 14.0. The van der Waals surface area contributed by atoms with Gasteiger partial charge in [-0.25, -0.2) is 9.97 Å². The van der Waals surface area contributed by atoms with Crippen LogP contribution in [0.1, 0.15) is 69.2 Å². The van der Waals surface area contributed by atoms with Crippen molar-refractivity contribution in [3.05, 3.63) is 22.8 Å². The van der Waals surface area contributed by atoms with Crippen LogP contribution in [-0.2, 0) is 23.4 Å². The third-order valence-corrected chi connectivity index (χ3v) is 4.21. The zero-order valence-corrected chi connectivity index (χ0v) is 12.7. The Morgan fingerprint density at radius 3 is 2.42 bits per heavy atom. The Labute approximate surface area is 116 Å². The van der Waals surface area contributed by atoms with Gasteiger partial charge in [-0.3, -0.25) is 0 Å². The maximum absolute atomic E-state index is 5.77. The summed E-state index contributed by atoms with van der Waals surface area (Å²) >= 11 is 0. The van der Waals surface area contributed by atoms with Crippen molar-refractivity contribution in [2.75, 3.05) is 7.11 Å². The molecule has 4 nitrogen and oxygen atoms in total. The molecule has 0 fully saturated rings. The van der Waals surface area contributed by atoms with Crippen LogP contribution in [0.15, 0.2) is 0 Å². The number of fused-ring (bicyclic) bond motifs is 1.